The van der Waals surface area contributed by atoms with Gasteiger partial charge in [0, 0.05) is 44.0 Å². The zero-order chi connectivity index (χ0) is 26.6. The topological polar surface area (TPSA) is 85.0 Å². The van der Waals surface area contributed by atoms with Gasteiger partial charge in [0.2, 0.25) is 5.28 Å². The van der Waals surface area contributed by atoms with Crippen molar-refractivity contribution in [1.29, 1.82) is 0 Å². The third-order valence-corrected chi connectivity index (χ3v) is 7.14. The van der Waals surface area contributed by atoms with Crippen LogP contribution in [-0.4, -0.2) is 67.2 Å². The van der Waals surface area contributed by atoms with Crippen LogP contribution in [0.25, 0.3) is 22.6 Å². The molecule has 4 aromatic rings. The van der Waals surface area contributed by atoms with Gasteiger partial charge in [-0.3, -0.25) is 9.36 Å². The number of nitrogens with zero attached hydrogens (tertiary/aromatic N) is 8. The zero-order valence-electron chi connectivity index (χ0n) is 20.5. The SMILES string of the molecule is CN1CCN(c2nc3cnc(Cl)nc3n(Cc3ccc(-c4nc(C(F)(F)F)cn4C4CC4)cc3)c2=O)CC1. The fourth-order valence-electron chi connectivity index (χ4n) is 4.69. The summed E-state index contributed by atoms with van der Waals surface area (Å²) in [7, 11) is 2.03. The summed E-state index contributed by atoms with van der Waals surface area (Å²) < 4.78 is 43.1. The van der Waals surface area contributed by atoms with Gasteiger partial charge in [-0.05, 0) is 37.1 Å². The molecule has 6 rings (SSSR count). The van der Waals surface area contributed by atoms with Crippen LogP contribution in [0.5, 0.6) is 0 Å². The minimum absolute atomic E-state index is 0.00234. The summed E-state index contributed by atoms with van der Waals surface area (Å²) in [6, 6.07) is 7.06. The van der Waals surface area contributed by atoms with Gasteiger partial charge in [-0.25, -0.2) is 15.0 Å². The van der Waals surface area contributed by atoms with Crippen molar-refractivity contribution in [3.63, 3.8) is 0 Å². The number of rotatable bonds is 5. The van der Waals surface area contributed by atoms with Crippen molar-refractivity contribution in [3.05, 3.63) is 63.6 Å². The molecule has 1 aromatic carbocycles. The van der Waals surface area contributed by atoms with Crippen LogP contribution in [0.2, 0.25) is 5.28 Å². The van der Waals surface area contributed by atoms with Gasteiger partial charge < -0.3 is 14.4 Å². The normalized spacial score (nSPS) is 16.9. The number of hydrogen-bond acceptors (Lipinski definition) is 7. The molecule has 0 bridgehead atoms. The van der Waals surface area contributed by atoms with Gasteiger partial charge in [-0.2, -0.15) is 18.2 Å². The van der Waals surface area contributed by atoms with Crippen molar-refractivity contribution >= 4 is 28.6 Å². The van der Waals surface area contributed by atoms with E-state index in [1.807, 2.05) is 11.9 Å². The monoisotopic (exact) mass is 544 g/mol. The van der Waals surface area contributed by atoms with Crippen LogP contribution in [0.4, 0.5) is 19.0 Å². The number of aromatic nitrogens is 6. The highest BCUT2D eigenvalue weighted by atomic mass is 35.5. The molecule has 2 fully saturated rings. The molecule has 0 radical (unpaired) electrons. The van der Waals surface area contributed by atoms with E-state index in [1.165, 1.54) is 10.8 Å². The highest BCUT2D eigenvalue weighted by molar-refractivity contribution is 6.28. The van der Waals surface area contributed by atoms with Crippen molar-refractivity contribution < 1.29 is 13.2 Å². The number of hydrogen-bond donors (Lipinski definition) is 0. The first-order chi connectivity index (χ1) is 18.2. The van der Waals surface area contributed by atoms with Crippen LogP contribution >= 0.6 is 11.6 Å². The Labute approximate surface area is 220 Å². The summed E-state index contributed by atoms with van der Waals surface area (Å²) in [6.07, 6.45) is -0.261. The number of imidazole rings is 1. The molecule has 0 N–H and O–H groups in total. The maximum absolute atomic E-state index is 13.6. The molecule has 0 spiro atoms. The maximum Gasteiger partial charge on any atom is 0.434 e. The molecule has 198 valence electrons. The van der Waals surface area contributed by atoms with Crippen LogP contribution in [0.1, 0.15) is 30.1 Å². The van der Waals surface area contributed by atoms with Gasteiger partial charge >= 0.3 is 6.18 Å². The predicted molar refractivity (Wildman–Crippen MR) is 136 cm³/mol. The van der Waals surface area contributed by atoms with Crippen molar-refractivity contribution in [2.45, 2.75) is 31.6 Å². The van der Waals surface area contributed by atoms with E-state index in [0.717, 1.165) is 37.7 Å². The quantitative estimate of drug-likeness (QED) is 0.353. The molecule has 38 heavy (non-hydrogen) atoms. The van der Waals surface area contributed by atoms with Crippen molar-refractivity contribution in [3.8, 4) is 11.4 Å². The van der Waals surface area contributed by atoms with Gasteiger partial charge in [-0.1, -0.05) is 24.3 Å². The Kier molecular flexibility index (Phi) is 6.10. The summed E-state index contributed by atoms with van der Waals surface area (Å²) in [4.78, 5) is 34.5. The lowest BCUT2D eigenvalue weighted by Gasteiger charge is -2.33. The van der Waals surface area contributed by atoms with E-state index < -0.39 is 11.9 Å². The first-order valence-electron chi connectivity index (χ1n) is 12.3. The lowest BCUT2D eigenvalue weighted by atomic mass is 10.1. The number of benzene rings is 1. The molecule has 4 heterocycles. The number of alkyl halides is 3. The summed E-state index contributed by atoms with van der Waals surface area (Å²) in [5.74, 6) is 0.620. The Hall–Kier alpha value is -3.51. The molecule has 3 aromatic heterocycles. The highest BCUT2D eigenvalue weighted by Gasteiger charge is 2.37. The Morgan fingerprint density at radius 3 is 2.39 bits per heavy atom. The molecule has 9 nitrogen and oxygen atoms in total. The van der Waals surface area contributed by atoms with Crippen LogP contribution in [0.3, 0.4) is 0 Å². The van der Waals surface area contributed by atoms with Gasteiger partial charge in [0.05, 0.1) is 12.7 Å². The van der Waals surface area contributed by atoms with E-state index in [4.69, 9.17) is 11.6 Å². The molecule has 0 atom stereocenters. The molecule has 1 aliphatic carbocycles. The molecule has 1 saturated heterocycles. The number of halogens is 4. The molecule has 1 saturated carbocycles. The number of likely N-dealkylation sites (N-methyl/N-ethyl adjacent to an activating group) is 1. The van der Waals surface area contributed by atoms with Crippen LogP contribution in [0, 0.1) is 0 Å². The Morgan fingerprint density at radius 1 is 1.03 bits per heavy atom. The Morgan fingerprint density at radius 2 is 1.74 bits per heavy atom. The molecule has 2 aliphatic rings. The van der Waals surface area contributed by atoms with E-state index >= 15 is 0 Å². The summed E-state index contributed by atoms with van der Waals surface area (Å²) in [5, 5.41) is 0.00234. The third-order valence-electron chi connectivity index (χ3n) is 6.96. The fourth-order valence-corrected chi connectivity index (χ4v) is 4.82. The Balaban J connectivity index is 1.36. The van der Waals surface area contributed by atoms with E-state index in [2.05, 4.69) is 24.8 Å². The zero-order valence-corrected chi connectivity index (χ0v) is 21.2. The van der Waals surface area contributed by atoms with Gasteiger partial charge in [0.25, 0.3) is 5.56 Å². The minimum atomic E-state index is -4.51. The van der Waals surface area contributed by atoms with E-state index in [9.17, 15) is 18.0 Å². The molecular weight excluding hydrogens is 521 g/mol. The molecule has 0 amide bonds. The van der Waals surface area contributed by atoms with Crippen molar-refractivity contribution in [2.24, 2.45) is 0 Å². The minimum Gasteiger partial charge on any atom is -0.349 e. The average Bonchev–Trinajstić information content (AvgIpc) is 3.63. The fraction of sp³-hybridized carbons (Fsp3) is 0.400. The van der Waals surface area contributed by atoms with Crippen LogP contribution < -0.4 is 10.5 Å². The van der Waals surface area contributed by atoms with Crippen molar-refractivity contribution in [1.82, 2.24) is 34.0 Å². The van der Waals surface area contributed by atoms with E-state index in [0.29, 0.717) is 35.6 Å². The van der Waals surface area contributed by atoms with Gasteiger partial charge in [0.1, 0.15) is 11.3 Å². The highest BCUT2D eigenvalue weighted by Crippen LogP contribution is 2.41. The Bertz CT molecular complexity index is 1550. The standard InChI is InChI=1S/C25H24ClF3N8O/c1-34-8-10-35(11-9-34)22-23(38)37(21-18(31-22)12-30-24(26)33-21)13-15-2-4-16(5-3-15)20-32-19(25(27,28)29)14-36(20)17-6-7-17/h2-5,12,14,17H,6-11,13H2,1H3. The summed E-state index contributed by atoms with van der Waals surface area (Å²) in [6.45, 7) is 3.13. The van der Waals surface area contributed by atoms with Crippen LogP contribution in [-0.2, 0) is 12.7 Å². The van der Waals surface area contributed by atoms with E-state index in [-0.39, 0.29) is 29.3 Å². The second-order valence-corrected chi connectivity index (χ2v) is 10.1. The second kappa shape index (κ2) is 9.35. The van der Waals surface area contributed by atoms with Gasteiger partial charge in [-0.15, -0.1) is 0 Å². The van der Waals surface area contributed by atoms with Gasteiger partial charge in [0.15, 0.2) is 17.2 Å². The third kappa shape index (κ3) is 4.73. The first kappa shape index (κ1) is 24.8. The first-order valence-corrected chi connectivity index (χ1v) is 12.7. The number of anilines is 1. The summed E-state index contributed by atoms with van der Waals surface area (Å²) >= 11 is 6.05. The second-order valence-electron chi connectivity index (χ2n) is 9.75. The molecular formula is C25H24ClF3N8O. The summed E-state index contributed by atoms with van der Waals surface area (Å²) in [5.41, 5.74) is 0.919. The number of fused-ring (bicyclic) bond motifs is 1. The smallest absolute Gasteiger partial charge is 0.349 e. The lowest BCUT2D eigenvalue weighted by Crippen LogP contribution is -2.47. The molecule has 13 heteroatoms. The lowest BCUT2D eigenvalue weighted by molar-refractivity contribution is -0.140. The van der Waals surface area contributed by atoms with E-state index in [1.54, 1.807) is 28.8 Å². The number of piperazine rings is 1. The average molecular weight is 545 g/mol. The molecule has 0 unspecified atom stereocenters. The largest absolute Gasteiger partial charge is 0.434 e. The molecule has 1 aliphatic heterocycles. The predicted octanol–water partition coefficient (Wildman–Crippen LogP) is 3.86. The maximum atomic E-state index is 13.6. The van der Waals surface area contributed by atoms with Crippen LogP contribution in [0.15, 0.2) is 41.5 Å². The van der Waals surface area contributed by atoms with Crippen molar-refractivity contribution in [2.75, 3.05) is 38.1 Å².